The van der Waals surface area contributed by atoms with Crippen LogP contribution in [0.15, 0.2) is 47.5 Å². The molecule has 0 bridgehead atoms. The van der Waals surface area contributed by atoms with Gasteiger partial charge >= 0.3 is 6.18 Å². The number of aromatic nitrogens is 2. The molecule has 6 nitrogen and oxygen atoms in total. The van der Waals surface area contributed by atoms with E-state index in [9.17, 15) is 21.6 Å². The largest absolute Gasteiger partial charge is 0.417 e. The molecule has 0 aliphatic heterocycles. The summed E-state index contributed by atoms with van der Waals surface area (Å²) < 4.78 is 64.0. The van der Waals surface area contributed by atoms with Crippen LogP contribution in [0.25, 0.3) is 5.65 Å². The summed E-state index contributed by atoms with van der Waals surface area (Å²) in [4.78, 5) is 3.42. The molecule has 0 amide bonds. The third kappa shape index (κ3) is 3.65. The van der Waals surface area contributed by atoms with Crippen molar-refractivity contribution in [1.82, 2.24) is 9.38 Å². The number of alkyl halides is 3. The van der Waals surface area contributed by atoms with E-state index in [4.69, 9.17) is 5.14 Å². The van der Waals surface area contributed by atoms with Crippen molar-refractivity contribution >= 4 is 21.4 Å². The Labute approximate surface area is 147 Å². The first-order valence-corrected chi connectivity index (χ1v) is 9.02. The van der Waals surface area contributed by atoms with Crippen LogP contribution in [0.3, 0.4) is 0 Å². The van der Waals surface area contributed by atoms with Gasteiger partial charge in [-0.25, -0.2) is 18.5 Å². The van der Waals surface area contributed by atoms with Gasteiger partial charge in [-0.05, 0) is 37.3 Å². The van der Waals surface area contributed by atoms with Gasteiger partial charge < -0.3 is 9.72 Å². The third-order valence-electron chi connectivity index (χ3n) is 3.81. The molecular weight excluding hydrogens is 369 g/mol. The lowest BCUT2D eigenvalue weighted by Crippen LogP contribution is -2.19. The first kappa shape index (κ1) is 18.2. The van der Waals surface area contributed by atoms with Crippen molar-refractivity contribution in [1.29, 1.82) is 0 Å². The number of sulfonamides is 1. The second kappa shape index (κ2) is 6.29. The highest BCUT2D eigenvalue weighted by molar-refractivity contribution is 7.89. The minimum atomic E-state index is -4.85. The van der Waals surface area contributed by atoms with Gasteiger partial charge in [0.25, 0.3) is 0 Å². The van der Waals surface area contributed by atoms with E-state index < -0.39 is 26.7 Å². The van der Waals surface area contributed by atoms with Crippen LogP contribution in [0.2, 0.25) is 0 Å². The molecule has 2 heterocycles. The van der Waals surface area contributed by atoms with Crippen molar-refractivity contribution in [2.24, 2.45) is 5.14 Å². The molecule has 3 rings (SSSR count). The van der Waals surface area contributed by atoms with E-state index >= 15 is 0 Å². The number of benzene rings is 1. The van der Waals surface area contributed by atoms with Crippen LogP contribution in [0.1, 0.15) is 17.0 Å². The van der Waals surface area contributed by atoms with Gasteiger partial charge in [0.05, 0.1) is 22.7 Å². The summed E-state index contributed by atoms with van der Waals surface area (Å²) in [5.74, 6) is 0. The molecule has 10 heteroatoms. The minimum absolute atomic E-state index is 0.110. The zero-order valence-electron chi connectivity index (χ0n) is 13.6. The molecule has 0 saturated carbocycles. The fourth-order valence-corrected chi connectivity index (χ4v) is 3.33. The van der Waals surface area contributed by atoms with E-state index in [1.54, 1.807) is 6.20 Å². The summed E-state index contributed by atoms with van der Waals surface area (Å²) in [5.41, 5.74) is 1.12. The first-order chi connectivity index (χ1) is 12.1. The van der Waals surface area contributed by atoms with Crippen molar-refractivity contribution < 1.29 is 21.6 Å². The number of hydrogen-bond donors (Lipinski definition) is 2. The molecule has 0 spiro atoms. The lowest BCUT2D eigenvalue weighted by Gasteiger charge is -2.14. The number of halogens is 3. The molecule has 2 aromatic heterocycles. The van der Waals surface area contributed by atoms with Crippen LogP contribution in [0.4, 0.5) is 18.9 Å². The van der Waals surface area contributed by atoms with Gasteiger partial charge in [0.1, 0.15) is 5.65 Å². The van der Waals surface area contributed by atoms with E-state index in [2.05, 4.69) is 10.3 Å². The zero-order valence-corrected chi connectivity index (χ0v) is 14.4. The van der Waals surface area contributed by atoms with E-state index in [0.717, 1.165) is 23.5 Å². The van der Waals surface area contributed by atoms with Crippen molar-refractivity contribution in [2.75, 3.05) is 5.32 Å². The second-order valence-corrected chi connectivity index (χ2v) is 7.26. The number of nitrogens with two attached hydrogens (primary N) is 1. The van der Waals surface area contributed by atoms with Gasteiger partial charge in [-0.1, -0.05) is 6.07 Å². The van der Waals surface area contributed by atoms with Gasteiger partial charge in [0, 0.05) is 17.6 Å². The van der Waals surface area contributed by atoms with Gasteiger partial charge in [0.2, 0.25) is 10.0 Å². The number of primary sulfonamides is 1. The van der Waals surface area contributed by atoms with Gasteiger partial charge in [-0.3, -0.25) is 0 Å². The van der Waals surface area contributed by atoms with Crippen molar-refractivity contribution in [2.45, 2.75) is 24.5 Å². The fourth-order valence-electron chi connectivity index (χ4n) is 2.59. The standard InChI is InChI=1S/C16H15F3N4O2S/c1-10-3-2-4-15-22-12(9-23(10)15)8-21-11-5-6-14(26(20,24)25)13(7-11)16(17,18)19/h2-7,9,21H,8H2,1H3,(H2,20,24,25). The highest BCUT2D eigenvalue weighted by atomic mass is 32.2. The number of aryl methyl sites for hydroxylation is 1. The second-order valence-electron chi connectivity index (χ2n) is 5.73. The maximum atomic E-state index is 13.1. The molecule has 1 aromatic carbocycles. The normalized spacial score (nSPS) is 12.5. The molecule has 0 atom stereocenters. The minimum Gasteiger partial charge on any atom is -0.379 e. The quantitative estimate of drug-likeness (QED) is 0.724. The first-order valence-electron chi connectivity index (χ1n) is 7.47. The SMILES string of the molecule is Cc1cccc2nc(CNc3ccc(S(N)(=O)=O)c(C(F)(F)F)c3)cn12. The smallest absolute Gasteiger partial charge is 0.379 e. The van der Waals surface area contributed by atoms with E-state index in [1.807, 2.05) is 29.5 Å². The van der Waals surface area contributed by atoms with E-state index in [-0.39, 0.29) is 12.2 Å². The molecule has 0 unspecified atom stereocenters. The summed E-state index contributed by atoms with van der Waals surface area (Å²) >= 11 is 0. The maximum Gasteiger partial charge on any atom is 0.417 e. The fraction of sp³-hybridized carbons (Fsp3) is 0.188. The lowest BCUT2D eigenvalue weighted by molar-refractivity contribution is -0.139. The zero-order chi connectivity index (χ0) is 19.1. The molecule has 3 N–H and O–H groups in total. The Hall–Kier alpha value is -2.59. The Morgan fingerprint density at radius 2 is 1.96 bits per heavy atom. The van der Waals surface area contributed by atoms with Crippen molar-refractivity contribution in [3.8, 4) is 0 Å². The topological polar surface area (TPSA) is 89.5 Å². The molecule has 0 radical (unpaired) electrons. The number of nitrogens with zero attached hydrogens (tertiary/aromatic N) is 2. The highest BCUT2D eigenvalue weighted by Gasteiger charge is 2.36. The molecular formula is C16H15F3N4O2S. The lowest BCUT2D eigenvalue weighted by atomic mass is 10.2. The van der Waals surface area contributed by atoms with E-state index in [1.165, 1.54) is 6.07 Å². The van der Waals surface area contributed by atoms with Crippen LogP contribution in [0, 0.1) is 6.92 Å². The third-order valence-corrected chi connectivity index (χ3v) is 4.78. The predicted octanol–water partition coefficient (Wildman–Crippen LogP) is 2.92. The van der Waals surface area contributed by atoms with Crippen LogP contribution in [-0.4, -0.2) is 17.8 Å². The number of imidazole rings is 1. The molecule has 0 fully saturated rings. The molecule has 0 aliphatic rings. The summed E-state index contributed by atoms with van der Waals surface area (Å²) in [5, 5.41) is 7.69. The van der Waals surface area contributed by atoms with Gasteiger partial charge in [0.15, 0.2) is 0 Å². The summed E-state index contributed by atoms with van der Waals surface area (Å²) in [6, 6.07) is 8.38. The molecule has 0 saturated heterocycles. The van der Waals surface area contributed by atoms with Gasteiger partial charge in [-0.15, -0.1) is 0 Å². The number of rotatable bonds is 4. The predicted molar refractivity (Wildman–Crippen MR) is 90.1 cm³/mol. The Kier molecular flexibility index (Phi) is 4.41. The number of hydrogen-bond acceptors (Lipinski definition) is 4. The Bertz CT molecular complexity index is 1070. The van der Waals surface area contributed by atoms with E-state index in [0.29, 0.717) is 5.69 Å². The number of anilines is 1. The van der Waals surface area contributed by atoms with Crippen LogP contribution < -0.4 is 10.5 Å². The number of fused-ring (bicyclic) bond motifs is 1. The molecule has 26 heavy (non-hydrogen) atoms. The van der Waals surface area contributed by atoms with Crippen LogP contribution >= 0.6 is 0 Å². The summed E-state index contributed by atoms with van der Waals surface area (Å²) in [6.45, 7) is 2.08. The molecule has 0 aliphatic carbocycles. The Balaban J connectivity index is 1.89. The average molecular weight is 384 g/mol. The highest BCUT2D eigenvalue weighted by Crippen LogP contribution is 2.35. The number of pyridine rings is 1. The average Bonchev–Trinajstić information content (AvgIpc) is 2.95. The van der Waals surface area contributed by atoms with Crippen molar-refractivity contribution in [3.05, 3.63) is 59.5 Å². The monoisotopic (exact) mass is 384 g/mol. The van der Waals surface area contributed by atoms with Crippen LogP contribution in [0.5, 0.6) is 0 Å². The molecule has 138 valence electrons. The Morgan fingerprint density at radius 1 is 1.23 bits per heavy atom. The van der Waals surface area contributed by atoms with Crippen LogP contribution in [-0.2, 0) is 22.7 Å². The van der Waals surface area contributed by atoms with Crippen molar-refractivity contribution in [3.63, 3.8) is 0 Å². The summed E-state index contributed by atoms with van der Waals surface area (Å²) in [6.07, 6.45) is -3.07. The maximum absolute atomic E-state index is 13.1. The van der Waals surface area contributed by atoms with Gasteiger partial charge in [-0.2, -0.15) is 13.2 Å². The number of nitrogens with one attached hydrogen (secondary N) is 1. The summed E-state index contributed by atoms with van der Waals surface area (Å²) in [7, 11) is -4.49. The molecule has 3 aromatic rings. The Morgan fingerprint density at radius 3 is 2.58 bits per heavy atom.